The van der Waals surface area contributed by atoms with Crippen molar-refractivity contribution in [2.45, 2.75) is 52.1 Å². The van der Waals surface area contributed by atoms with Crippen LogP contribution in [0.2, 0.25) is 0 Å². The second-order valence-electron chi connectivity index (χ2n) is 8.43. The van der Waals surface area contributed by atoms with Crippen LogP contribution in [-0.2, 0) is 35.1 Å². The highest BCUT2D eigenvalue weighted by atomic mass is 16.7. The lowest BCUT2D eigenvalue weighted by molar-refractivity contribution is -0.174. The lowest BCUT2D eigenvalue weighted by Gasteiger charge is -2.19. The van der Waals surface area contributed by atoms with Crippen LogP contribution in [0.3, 0.4) is 0 Å². The summed E-state index contributed by atoms with van der Waals surface area (Å²) in [6.07, 6.45) is 1.59. The van der Waals surface area contributed by atoms with Gasteiger partial charge in [-0.15, -0.1) is 0 Å². The number of nitrogens with two attached hydrogens (primary N) is 1. The number of para-hydroxylation sites is 1. The molecule has 1 heterocycles. The number of hydrogen-bond donors (Lipinski definition) is 4. The average Bonchev–Trinajstić information content (AvgIpc) is 3.13. The molecule has 2 aromatic rings. The Bertz CT molecular complexity index is 977. The van der Waals surface area contributed by atoms with Gasteiger partial charge in [-0.05, 0) is 38.8 Å². The van der Waals surface area contributed by atoms with Crippen LogP contribution < -0.4 is 11.1 Å². The van der Waals surface area contributed by atoms with E-state index < -0.39 is 48.1 Å². The fraction of sp³-hybridized carbons (Fsp3) is 0.455. The van der Waals surface area contributed by atoms with E-state index in [2.05, 4.69) is 10.3 Å². The first kappa shape index (κ1) is 24.9. The molecule has 10 heteroatoms. The predicted octanol–water partition coefficient (Wildman–Crippen LogP) is 1.48. The van der Waals surface area contributed by atoms with Gasteiger partial charge in [0.05, 0.1) is 5.41 Å². The van der Waals surface area contributed by atoms with Crippen LogP contribution in [0.25, 0.3) is 10.9 Å². The third-order valence-corrected chi connectivity index (χ3v) is 4.72. The summed E-state index contributed by atoms with van der Waals surface area (Å²) in [6.45, 7) is 4.41. The SMILES string of the molecule is CC(C)(C)C(=O)OCOC(=O)[C@@H](Cc1c[nH]c2ccccc12)NC(=O)CC[C@@H](N)C(=O)O. The quantitative estimate of drug-likeness (QED) is 0.314. The number of amides is 1. The Hall–Kier alpha value is -3.40. The van der Waals surface area contributed by atoms with Crippen LogP contribution in [0.15, 0.2) is 30.5 Å². The van der Waals surface area contributed by atoms with E-state index in [9.17, 15) is 19.2 Å². The zero-order valence-corrected chi connectivity index (χ0v) is 18.3. The number of carboxylic acid groups (broad SMARTS) is 1. The summed E-state index contributed by atoms with van der Waals surface area (Å²) in [7, 11) is 0. The lowest BCUT2D eigenvalue weighted by Crippen LogP contribution is -2.44. The fourth-order valence-corrected chi connectivity index (χ4v) is 2.85. The van der Waals surface area contributed by atoms with Crippen molar-refractivity contribution in [3.63, 3.8) is 0 Å². The molecule has 2 rings (SSSR count). The van der Waals surface area contributed by atoms with Gasteiger partial charge < -0.3 is 30.6 Å². The van der Waals surface area contributed by atoms with Gasteiger partial charge in [0, 0.05) is 29.9 Å². The maximum Gasteiger partial charge on any atom is 0.331 e. The van der Waals surface area contributed by atoms with E-state index in [1.54, 1.807) is 27.0 Å². The number of nitrogens with one attached hydrogen (secondary N) is 2. The number of aliphatic carboxylic acids is 1. The van der Waals surface area contributed by atoms with Crippen molar-refractivity contribution in [1.82, 2.24) is 10.3 Å². The van der Waals surface area contributed by atoms with E-state index >= 15 is 0 Å². The summed E-state index contributed by atoms with van der Waals surface area (Å²) >= 11 is 0. The van der Waals surface area contributed by atoms with Crippen molar-refractivity contribution in [3.05, 3.63) is 36.0 Å². The molecule has 0 aliphatic rings. The van der Waals surface area contributed by atoms with Crippen molar-refractivity contribution in [3.8, 4) is 0 Å². The molecule has 1 aromatic heterocycles. The third-order valence-electron chi connectivity index (χ3n) is 4.72. The second kappa shape index (κ2) is 10.8. The Labute approximate surface area is 185 Å². The Morgan fingerprint density at radius 3 is 2.50 bits per heavy atom. The molecule has 0 saturated heterocycles. The number of benzene rings is 1. The first-order valence-electron chi connectivity index (χ1n) is 10.2. The molecule has 32 heavy (non-hydrogen) atoms. The molecule has 2 atom stereocenters. The maximum absolute atomic E-state index is 12.7. The highest BCUT2D eigenvalue weighted by molar-refractivity contribution is 5.87. The van der Waals surface area contributed by atoms with Gasteiger partial charge in [-0.25, -0.2) is 4.79 Å². The summed E-state index contributed by atoms with van der Waals surface area (Å²) in [5.74, 6) is -3.08. The van der Waals surface area contributed by atoms with Gasteiger partial charge >= 0.3 is 17.9 Å². The topological polar surface area (TPSA) is 161 Å². The number of rotatable bonds is 10. The third kappa shape index (κ3) is 7.09. The highest BCUT2D eigenvalue weighted by Gasteiger charge is 2.27. The van der Waals surface area contributed by atoms with Crippen molar-refractivity contribution < 1.29 is 33.8 Å². The fourth-order valence-electron chi connectivity index (χ4n) is 2.85. The number of ether oxygens (including phenoxy) is 2. The molecule has 0 bridgehead atoms. The van der Waals surface area contributed by atoms with Gasteiger partial charge in [0.15, 0.2) is 0 Å². The zero-order chi connectivity index (χ0) is 23.9. The molecule has 1 aromatic carbocycles. The van der Waals surface area contributed by atoms with Crippen molar-refractivity contribution in [2.75, 3.05) is 6.79 Å². The van der Waals surface area contributed by atoms with E-state index in [0.717, 1.165) is 16.5 Å². The Balaban J connectivity index is 2.07. The molecular weight excluding hydrogens is 418 g/mol. The van der Waals surface area contributed by atoms with Crippen LogP contribution in [0, 0.1) is 5.41 Å². The van der Waals surface area contributed by atoms with Gasteiger partial charge in [-0.2, -0.15) is 0 Å². The number of aromatic amines is 1. The summed E-state index contributed by atoms with van der Waals surface area (Å²) in [6, 6.07) is 5.22. The highest BCUT2D eigenvalue weighted by Crippen LogP contribution is 2.20. The van der Waals surface area contributed by atoms with Crippen molar-refractivity contribution in [1.29, 1.82) is 0 Å². The molecule has 10 nitrogen and oxygen atoms in total. The average molecular weight is 447 g/mol. The summed E-state index contributed by atoms with van der Waals surface area (Å²) in [4.78, 5) is 50.8. The number of H-pyrrole nitrogens is 1. The van der Waals surface area contributed by atoms with Crippen LogP contribution in [0.5, 0.6) is 0 Å². The van der Waals surface area contributed by atoms with Crippen molar-refractivity contribution >= 4 is 34.7 Å². The lowest BCUT2D eigenvalue weighted by atomic mass is 9.98. The normalized spacial score (nSPS) is 13.2. The molecule has 1 amide bonds. The van der Waals surface area contributed by atoms with Crippen LogP contribution in [-0.4, -0.2) is 52.8 Å². The van der Waals surface area contributed by atoms with E-state index in [-0.39, 0.29) is 19.3 Å². The van der Waals surface area contributed by atoms with Gasteiger partial charge in [0.25, 0.3) is 0 Å². The number of esters is 2. The number of aromatic nitrogens is 1. The first-order chi connectivity index (χ1) is 15.0. The van der Waals surface area contributed by atoms with E-state index in [1.165, 1.54) is 0 Å². The second-order valence-corrected chi connectivity index (χ2v) is 8.43. The summed E-state index contributed by atoms with van der Waals surface area (Å²) < 4.78 is 10.0. The number of fused-ring (bicyclic) bond motifs is 1. The van der Waals surface area contributed by atoms with Gasteiger partial charge in [0.2, 0.25) is 12.7 Å². The molecule has 0 spiro atoms. The van der Waals surface area contributed by atoms with E-state index in [0.29, 0.717) is 0 Å². The van der Waals surface area contributed by atoms with Crippen LogP contribution in [0.4, 0.5) is 0 Å². The molecule has 174 valence electrons. The molecule has 0 radical (unpaired) electrons. The van der Waals surface area contributed by atoms with Gasteiger partial charge in [-0.3, -0.25) is 14.4 Å². The zero-order valence-electron chi connectivity index (χ0n) is 18.3. The smallest absolute Gasteiger partial charge is 0.331 e. The molecule has 0 unspecified atom stereocenters. The molecule has 0 saturated carbocycles. The molecule has 0 aliphatic heterocycles. The standard InChI is InChI=1S/C22H29N3O7/c1-22(2,3)21(30)32-12-31-20(29)17(25-18(26)9-8-15(23)19(27)28)10-13-11-24-16-7-5-4-6-14(13)16/h4-7,11,15,17,24H,8-10,12,23H2,1-3H3,(H,25,26)(H,27,28)/t15-,17-/m1/s1. The number of hydrogen-bond acceptors (Lipinski definition) is 7. The minimum atomic E-state index is -1.21. The number of carbonyl (C=O) groups is 4. The molecule has 0 fully saturated rings. The van der Waals surface area contributed by atoms with E-state index in [4.69, 9.17) is 20.3 Å². The van der Waals surface area contributed by atoms with Gasteiger partial charge in [0.1, 0.15) is 12.1 Å². The van der Waals surface area contributed by atoms with Crippen LogP contribution in [0.1, 0.15) is 39.2 Å². The van der Waals surface area contributed by atoms with Crippen molar-refractivity contribution in [2.24, 2.45) is 11.1 Å². The van der Waals surface area contributed by atoms with Gasteiger partial charge in [-0.1, -0.05) is 18.2 Å². The summed E-state index contributed by atoms with van der Waals surface area (Å²) in [5, 5.41) is 12.3. The molecule has 5 N–H and O–H groups in total. The molecule has 0 aliphatic carbocycles. The minimum Gasteiger partial charge on any atom is -0.480 e. The largest absolute Gasteiger partial charge is 0.480 e. The Morgan fingerprint density at radius 1 is 1.16 bits per heavy atom. The maximum atomic E-state index is 12.7. The number of carboxylic acids is 1. The monoisotopic (exact) mass is 447 g/mol. The Kier molecular flexibility index (Phi) is 8.36. The Morgan fingerprint density at radius 2 is 1.84 bits per heavy atom. The minimum absolute atomic E-state index is 0.0841. The summed E-state index contributed by atoms with van der Waals surface area (Å²) in [5.41, 5.74) is 6.32. The molecular formula is C22H29N3O7. The van der Waals surface area contributed by atoms with Crippen LogP contribution >= 0.6 is 0 Å². The number of carbonyl (C=O) groups excluding carboxylic acids is 3. The first-order valence-corrected chi connectivity index (χ1v) is 10.2. The predicted molar refractivity (Wildman–Crippen MR) is 115 cm³/mol. The van der Waals surface area contributed by atoms with E-state index in [1.807, 2.05) is 24.3 Å².